The molecule has 0 aliphatic carbocycles. The molecule has 2 N–H and O–H groups in total. The summed E-state index contributed by atoms with van der Waals surface area (Å²) in [6.45, 7) is 4.08. The van der Waals surface area contributed by atoms with Crippen LogP contribution in [-0.4, -0.2) is 15.8 Å². The van der Waals surface area contributed by atoms with Crippen LogP contribution in [-0.2, 0) is 13.5 Å². The van der Waals surface area contributed by atoms with Gasteiger partial charge in [-0.05, 0) is 43.5 Å². The van der Waals surface area contributed by atoms with Crippen LogP contribution in [0.25, 0.3) is 0 Å². The topological polar surface area (TPSA) is 43.8 Å². The SMILES string of the molecule is CCC(N)Cc1ccc(Sc2cc(C)nn2C)cc1Cl. The smallest absolute Gasteiger partial charge is 0.0986 e. The van der Waals surface area contributed by atoms with Crippen molar-refractivity contribution in [2.45, 2.75) is 42.7 Å². The van der Waals surface area contributed by atoms with E-state index in [1.165, 1.54) is 0 Å². The molecule has 0 spiro atoms. The Labute approximate surface area is 129 Å². The second-order valence-corrected chi connectivity index (χ2v) is 6.48. The molecule has 2 aromatic rings. The summed E-state index contributed by atoms with van der Waals surface area (Å²) in [4.78, 5) is 1.12. The molecule has 2 rings (SSSR count). The van der Waals surface area contributed by atoms with Crippen molar-refractivity contribution in [3.05, 3.63) is 40.5 Å². The fraction of sp³-hybridized carbons (Fsp3) is 0.400. The average molecular weight is 310 g/mol. The first-order valence-electron chi connectivity index (χ1n) is 6.72. The van der Waals surface area contributed by atoms with E-state index >= 15 is 0 Å². The van der Waals surface area contributed by atoms with Gasteiger partial charge in [-0.3, -0.25) is 4.68 Å². The number of aromatic nitrogens is 2. The van der Waals surface area contributed by atoms with Gasteiger partial charge in [-0.2, -0.15) is 5.10 Å². The minimum atomic E-state index is 0.172. The van der Waals surface area contributed by atoms with Gasteiger partial charge in [0.2, 0.25) is 0 Å². The number of nitrogens with two attached hydrogens (primary N) is 1. The molecule has 1 unspecified atom stereocenters. The van der Waals surface area contributed by atoms with Crippen molar-refractivity contribution in [1.82, 2.24) is 9.78 Å². The van der Waals surface area contributed by atoms with E-state index in [-0.39, 0.29) is 6.04 Å². The van der Waals surface area contributed by atoms with Crippen LogP contribution in [0.15, 0.2) is 34.2 Å². The monoisotopic (exact) mass is 309 g/mol. The lowest BCUT2D eigenvalue weighted by Gasteiger charge is -2.11. The standard InChI is InChI=1S/C15H20ClN3S/c1-4-12(17)8-11-5-6-13(9-14(11)16)20-15-7-10(2)18-19(15)3/h5-7,9,12H,4,8,17H2,1-3H3. The molecule has 1 aromatic carbocycles. The van der Waals surface area contributed by atoms with Crippen molar-refractivity contribution in [3.63, 3.8) is 0 Å². The molecule has 20 heavy (non-hydrogen) atoms. The molecule has 0 saturated heterocycles. The third-order valence-electron chi connectivity index (χ3n) is 3.21. The Morgan fingerprint density at radius 3 is 2.70 bits per heavy atom. The van der Waals surface area contributed by atoms with Crippen molar-refractivity contribution in [2.24, 2.45) is 12.8 Å². The van der Waals surface area contributed by atoms with Crippen molar-refractivity contribution in [3.8, 4) is 0 Å². The van der Waals surface area contributed by atoms with Gasteiger partial charge >= 0.3 is 0 Å². The lowest BCUT2D eigenvalue weighted by Crippen LogP contribution is -2.21. The van der Waals surface area contributed by atoms with Gasteiger partial charge in [-0.1, -0.05) is 36.4 Å². The molecular weight excluding hydrogens is 290 g/mol. The second-order valence-electron chi connectivity index (χ2n) is 4.98. The molecule has 1 atom stereocenters. The molecule has 0 radical (unpaired) electrons. The molecule has 0 aliphatic heterocycles. The summed E-state index contributed by atoms with van der Waals surface area (Å²) in [5.74, 6) is 0. The molecule has 3 nitrogen and oxygen atoms in total. The van der Waals surface area contributed by atoms with E-state index in [9.17, 15) is 0 Å². The van der Waals surface area contributed by atoms with Gasteiger partial charge in [0.1, 0.15) is 0 Å². The van der Waals surface area contributed by atoms with Crippen LogP contribution in [0.2, 0.25) is 5.02 Å². The first-order valence-corrected chi connectivity index (χ1v) is 7.91. The summed E-state index contributed by atoms with van der Waals surface area (Å²) in [7, 11) is 1.95. The van der Waals surface area contributed by atoms with Gasteiger partial charge < -0.3 is 5.73 Å². The largest absolute Gasteiger partial charge is 0.327 e. The van der Waals surface area contributed by atoms with Crippen LogP contribution in [0, 0.1) is 6.92 Å². The van der Waals surface area contributed by atoms with E-state index in [0.29, 0.717) is 0 Å². The molecule has 0 aliphatic rings. The van der Waals surface area contributed by atoms with Gasteiger partial charge in [0.15, 0.2) is 0 Å². The number of aryl methyl sites for hydroxylation is 2. The molecule has 0 fully saturated rings. The quantitative estimate of drug-likeness (QED) is 0.913. The van der Waals surface area contributed by atoms with Crippen LogP contribution in [0.5, 0.6) is 0 Å². The number of hydrogen-bond acceptors (Lipinski definition) is 3. The van der Waals surface area contributed by atoms with Crippen molar-refractivity contribution >= 4 is 23.4 Å². The molecular formula is C15H20ClN3S. The van der Waals surface area contributed by atoms with Gasteiger partial charge in [0.05, 0.1) is 10.7 Å². The lowest BCUT2D eigenvalue weighted by molar-refractivity contribution is 0.646. The number of benzene rings is 1. The fourth-order valence-electron chi connectivity index (χ4n) is 1.99. The van der Waals surface area contributed by atoms with Crippen LogP contribution in [0.1, 0.15) is 24.6 Å². The van der Waals surface area contributed by atoms with E-state index < -0.39 is 0 Å². The maximum atomic E-state index is 6.35. The maximum Gasteiger partial charge on any atom is 0.0986 e. The number of rotatable bonds is 5. The molecule has 1 heterocycles. The van der Waals surface area contributed by atoms with Crippen LogP contribution >= 0.6 is 23.4 Å². The van der Waals surface area contributed by atoms with E-state index in [1.807, 2.05) is 24.7 Å². The van der Waals surface area contributed by atoms with Crippen LogP contribution in [0.3, 0.4) is 0 Å². The minimum Gasteiger partial charge on any atom is -0.327 e. The third-order valence-corrected chi connectivity index (χ3v) is 4.65. The summed E-state index contributed by atoms with van der Waals surface area (Å²) in [5.41, 5.74) is 8.12. The van der Waals surface area contributed by atoms with Crippen molar-refractivity contribution in [2.75, 3.05) is 0 Å². The second kappa shape index (κ2) is 6.66. The average Bonchev–Trinajstić information content (AvgIpc) is 2.71. The highest BCUT2D eigenvalue weighted by Gasteiger charge is 2.09. The zero-order valence-corrected chi connectivity index (χ0v) is 13.6. The summed E-state index contributed by atoms with van der Waals surface area (Å²) in [5, 5.41) is 6.24. The third kappa shape index (κ3) is 3.78. The Bertz CT molecular complexity index is 595. The van der Waals surface area contributed by atoms with Gasteiger partial charge in [-0.15, -0.1) is 0 Å². The van der Waals surface area contributed by atoms with Crippen molar-refractivity contribution < 1.29 is 0 Å². The number of nitrogens with zero attached hydrogens (tertiary/aromatic N) is 2. The summed E-state index contributed by atoms with van der Waals surface area (Å²) < 4.78 is 1.88. The normalized spacial score (nSPS) is 12.7. The predicted molar refractivity (Wildman–Crippen MR) is 85.5 cm³/mol. The van der Waals surface area contributed by atoms with E-state index in [4.69, 9.17) is 17.3 Å². The van der Waals surface area contributed by atoms with E-state index in [2.05, 4.69) is 30.2 Å². The van der Waals surface area contributed by atoms with Crippen LogP contribution in [0.4, 0.5) is 0 Å². The molecule has 1 aromatic heterocycles. The zero-order chi connectivity index (χ0) is 14.7. The van der Waals surface area contributed by atoms with Gasteiger partial charge in [0.25, 0.3) is 0 Å². The summed E-state index contributed by atoms with van der Waals surface area (Å²) >= 11 is 8.02. The lowest BCUT2D eigenvalue weighted by atomic mass is 10.1. The number of halogens is 1. The first kappa shape index (κ1) is 15.4. The molecule has 0 bridgehead atoms. The molecule has 0 saturated carbocycles. The highest BCUT2D eigenvalue weighted by atomic mass is 35.5. The Hall–Kier alpha value is -0.970. The Morgan fingerprint density at radius 2 is 2.15 bits per heavy atom. The predicted octanol–water partition coefficient (Wildman–Crippen LogP) is 3.81. The Balaban J connectivity index is 2.14. The molecule has 5 heteroatoms. The summed E-state index contributed by atoms with van der Waals surface area (Å²) in [6, 6.07) is 8.41. The van der Waals surface area contributed by atoms with Gasteiger partial charge in [0, 0.05) is 23.0 Å². The summed E-state index contributed by atoms with van der Waals surface area (Å²) in [6.07, 6.45) is 1.78. The van der Waals surface area contributed by atoms with Crippen molar-refractivity contribution in [1.29, 1.82) is 0 Å². The molecule has 0 amide bonds. The minimum absolute atomic E-state index is 0.172. The highest BCUT2D eigenvalue weighted by Crippen LogP contribution is 2.31. The fourth-order valence-corrected chi connectivity index (χ4v) is 3.27. The Kier molecular flexibility index (Phi) is 5.13. The first-order chi connectivity index (χ1) is 9.49. The van der Waals surface area contributed by atoms with Gasteiger partial charge in [-0.25, -0.2) is 0 Å². The van der Waals surface area contributed by atoms with Crippen LogP contribution < -0.4 is 5.73 Å². The van der Waals surface area contributed by atoms with E-state index in [0.717, 1.165) is 39.0 Å². The zero-order valence-electron chi connectivity index (χ0n) is 12.1. The van der Waals surface area contributed by atoms with E-state index in [1.54, 1.807) is 11.8 Å². The Morgan fingerprint density at radius 1 is 1.40 bits per heavy atom. The molecule has 108 valence electrons. The number of hydrogen-bond donors (Lipinski definition) is 1. The maximum absolute atomic E-state index is 6.35. The highest BCUT2D eigenvalue weighted by molar-refractivity contribution is 7.99.